The quantitative estimate of drug-likeness (QED) is 0.862. The van der Waals surface area contributed by atoms with Crippen molar-refractivity contribution < 1.29 is 9.47 Å². The van der Waals surface area contributed by atoms with Gasteiger partial charge in [0.2, 0.25) is 6.79 Å². The second-order valence-electron chi connectivity index (χ2n) is 4.01. The van der Waals surface area contributed by atoms with Crippen LogP contribution in [0.3, 0.4) is 0 Å². The molecule has 2 aromatic rings. The van der Waals surface area contributed by atoms with E-state index < -0.39 is 0 Å². The summed E-state index contributed by atoms with van der Waals surface area (Å²) < 4.78 is 11.4. The summed E-state index contributed by atoms with van der Waals surface area (Å²) in [6.07, 6.45) is 1.73. The molecule has 0 radical (unpaired) electrons. The van der Waals surface area contributed by atoms with Crippen LogP contribution < -0.4 is 14.8 Å². The van der Waals surface area contributed by atoms with E-state index in [9.17, 15) is 0 Å². The summed E-state index contributed by atoms with van der Waals surface area (Å²) in [7, 11) is 0. The Morgan fingerprint density at radius 3 is 3.11 bits per heavy atom. The van der Waals surface area contributed by atoms with E-state index in [0.717, 1.165) is 15.9 Å². The lowest BCUT2D eigenvalue weighted by atomic mass is 10.2. The van der Waals surface area contributed by atoms with Crippen molar-refractivity contribution in [1.82, 2.24) is 4.98 Å². The molecular weight excluding hydrogens is 332 g/mol. The first-order chi connectivity index (χ1) is 9.24. The molecule has 0 unspecified atom stereocenters. The third-order valence-electron chi connectivity index (χ3n) is 2.73. The van der Waals surface area contributed by atoms with Gasteiger partial charge in [-0.25, -0.2) is 4.98 Å². The molecule has 0 amide bonds. The van der Waals surface area contributed by atoms with Crippen molar-refractivity contribution >= 4 is 33.2 Å². The zero-order chi connectivity index (χ0) is 13.2. The first kappa shape index (κ1) is 12.6. The summed E-state index contributed by atoms with van der Waals surface area (Å²) >= 11 is 9.52. The Labute approximate surface area is 123 Å². The lowest BCUT2D eigenvalue weighted by molar-refractivity contribution is 0.174. The van der Waals surface area contributed by atoms with E-state index in [-0.39, 0.29) is 6.79 Å². The van der Waals surface area contributed by atoms with Crippen LogP contribution in [0.4, 0.5) is 5.69 Å². The minimum absolute atomic E-state index is 0.222. The van der Waals surface area contributed by atoms with Gasteiger partial charge in [-0.05, 0) is 45.8 Å². The van der Waals surface area contributed by atoms with Crippen LogP contribution in [0.5, 0.6) is 11.5 Å². The number of hydrogen-bond donors (Lipinski definition) is 1. The highest BCUT2D eigenvalue weighted by atomic mass is 79.9. The van der Waals surface area contributed by atoms with Gasteiger partial charge in [-0.2, -0.15) is 0 Å². The second-order valence-corrected chi connectivity index (χ2v) is 5.17. The summed E-state index contributed by atoms with van der Waals surface area (Å²) in [6, 6.07) is 7.61. The molecule has 0 spiro atoms. The third kappa shape index (κ3) is 2.62. The van der Waals surface area contributed by atoms with Gasteiger partial charge in [0.25, 0.3) is 0 Å². The maximum atomic E-state index is 6.13. The van der Waals surface area contributed by atoms with E-state index >= 15 is 0 Å². The zero-order valence-corrected chi connectivity index (χ0v) is 12.2. The van der Waals surface area contributed by atoms with Crippen LogP contribution in [0.1, 0.15) is 5.56 Å². The molecule has 2 heterocycles. The SMILES string of the molecule is Clc1cc(CNc2cccnc2Br)cc2c1OCO2. The summed E-state index contributed by atoms with van der Waals surface area (Å²) in [5.41, 5.74) is 1.95. The van der Waals surface area contributed by atoms with Crippen molar-refractivity contribution in [2.45, 2.75) is 6.54 Å². The smallest absolute Gasteiger partial charge is 0.231 e. The molecular formula is C13H10BrClN2O2. The Morgan fingerprint density at radius 2 is 2.26 bits per heavy atom. The number of nitrogens with zero attached hydrogens (tertiary/aromatic N) is 1. The minimum atomic E-state index is 0.222. The standard InChI is InChI=1S/C13H10BrClN2O2/c14-13-10(2-1-3-16-13)17-6-8-4-9(15)12-11(5-8)18-7-19-12/h1-5,17H,6-7H2. The van der Waals surface area contributed by atoms with Crippen molar-refractivity contribution in [1.29, 1.82) is 0 Å². The number of rotatable bonds is 3. The first-order valence-electron chi connectivity index (χ1n) is 5.66. The number of aromatic nitrogens is 1. The molecule has 0 saturated carbocycles. The van der Waals surface area contributed by atoms with Crippen molar-refractivity contribution in [2.24, 2.45) is 0 Å². The number of anilines is 1. The number of hydrogen-bond acceptors (Lipinski definition) is 4. The number of fused-ring (bicyclic) bond motifs is 1. The largest absolute Gasteiger partial charge is 0.454 e. The van der Waals surface area contributed by atoms with E-state index in [0.29, 0.717) is 23.1 Å². The Kier molecular flexibility index (Phi) is 3.48. The molecule has 0 fully saturated rings. The molecule has 19 heavy (non-hydrogen) atoms. The van der Waals surface area contributed by atoms with E-state index in [1.807, 2.05) is 24.3 Å². The fourth-order valence-corrected chi connectivity index (χ4v) is 2.52. The molecule has 1 aliphatic rings. The molecule has 3 rings (SSSR count). The monoisotopic (exact) mass is 340 g/mol. The maximum absolute atomic E-state index is 6.13. The summed E-state index contributed by atoms with van der Waals surface area (Å²) in [5.74, 6) is 1.31. The highest BCUT2D eigenvalue weighted by molar-refractivity contribution is 9.10. The van der Waals surface area contributed by atoms with Crippen LogP contribution in [0.15, 0.2) is 35.1 Å². The molecule has 0 atom stereocenters. The molecule has 4 nitrogen and oxygen atoms in total. The Bertz CT molecular complexity index is 622. The van der Waals surface area contributed by atoms with Crippen molar-refractivity contribution in [2.75, 3.05) is 12.1 Å². The lowest BCUT2D eigenvalue weighted by Crippen LogP contribution is -2.00. The summed E-state index contributed by atoms with van der Waals surface area (Å²) in [6.45, 7) is 0.848. The summed E-state index contributed by atoms with van der Waals surface area (Å²) in [4.78, 5) is 4.15. The average Bonchev–Trinajstić information content (AvgIpc) is 2.87. The summed E-state index contributed by atoms with van der Waals surface area (Å²) in [5, 5.41) is 3.85. The van der Waals surface area contributed by atoms with Gasteiger partial charge in [-0.1, -0.05) is 11.6 Å². The van der Waals surface area contributed by atoms with E-state index in [1.165, 1.54) is 0 Å². The van der Waals surface area contributed by atoms with Gasteiger partial charge in [-0.15, -0.1) is 0 Å². The molecule has 0 saturated heterocycles. The van der Waals surface area contributed by atoms with Crippen molar-refractivity contribution in [3.8, 4) is 11.5 Å². The molecule has 1 aliphatic heterocycles. The Balaban J connectivity index is 1.78. The molecule has 0 aliphatic carbocycles. The van der Waals surface area contributed by atoms with Gasteiger partial charge in [0, 0.05) is 12.7 Å². The molecule has 98 valence electrons. The van der Waals surface area contributed by atoms with Crippen molar-refractivity contribution in [3.63, 3.8) is 0 Å². The average molecular weight is 342 g/mol. The molecule has 0 bridgehead atoms. The van der Waals surface area contributed by atoms with Gasteiger partial charge in [0.15, 0.2) is 11.5 Å². The lowest BCUT2D eigenvalue weighted by Gasteiger charge is -2.09. The zero-order valence-electron chi connectivity index (χ0n) is 9.82. The van der Waals surface area contributed by atoms with Gasteiger partial charge in [0.05, 0.1) is 10.7 Å². The first-order valence-corrected chi connectivity index (χ1v) is 6.83. The van der Waals surface area contributed by atoms with Crippen LogP contribution in [0.2, 0.25) is 5.02 Å². The third-order valence-corrected chi connectivity index (χ3v) is 3.64. The van der Waals surface area contributed by atoms with Crippen LogP contribution in [-0.4, -0.2) is 11.8 Å². The fraction of sp³-hybridized carbons (Fsp3) is 0.154. The molecule has 1 aromatic heterocycles. The highest BCUT2D eigenvalue weighted by Gasteiger charge is 2.18. The molecule has 6 heteroatoms. The predicted molar refractivity (Wildman–Crippen MR) is 76.8 cm³/mol. The number of halogens is 2. The number of nitrogens with one attached hydrogen (secondary N) is 1. The van der Waals surface area contributed by atoms with Gasteiger partial charge in [-0.3, -0.25) is 0 Å². The van der Waals surface area contributed by atoms with Crippen LogP contribution in [0.25, 0.3) is 0 Å². The maximum Gasteiger partial charge on any atom is 0.231 e. The minimum Gasteiger partial charge on any atom is -0.454 e. The van der Waals surface area contributed by atoms with E-state index in [1.54, 1.807) is 6.20 Å². The number of benzene rings is 1. The van der Waals surface area contributed by atoms with Crippen LogP contribution in [-0.2, 0) is 6.54 Å². The van der Waals surface area contributed by atoms with Gasteiger partial charge in [0.1, 0.15) is 4.60 Å². The Morgan fingerprint density at radius 1 is 1.37 bits per heavy atom. The number of ether oxygens (including phenoxy) is 2. The number of pyridine rings is 1. The normalized spacial score (nSPS) is 12.5. The van der Waals surface area contributed by atoms with E-state index in [2.05, 4.69) is 26.2 Å². The second kappa shape index (κ2) is 5.27. The van der Waals surface area contributed by atoms with Crippen LogP contribution >= 0.6 is 27.5 Å². The fourth-order valence-electron chi connectivity index (χ4n) is 1.84. The van der Waals surface area contributed by atoms with E-state index in [4.69, 9.17) is 21.1 Å². The topological polar surface area (TPSA) is 43.4 Å². The predicted octanol–water partition coefficient (Wildman–Crippen LogP) is 3.84. The van der Waals surface area contributed by atoms with Crippen molar-refractivity contribution in [3.05, 3.63) is 45.7 Å². The molecule has 1 aromatic carbocycles. The Hall–Kier alpha value is -1.46. The molecule has 1 N–H and O–H groups in total. The van der Waals surface area contributed by atoms with Gasteiger partial charge < -0.3 is 14.8 Å². The highest BCUT2D eigenvalue weighted by Crippen LogP contribution is 2.39. The van der Waals surface area contributed by atoms with Crippen LogP contribution in [0, 0.1) is 0 Å². The van der Waals surface area contributed by atoms with Gasteiger partial charge >= 0.3 is 0 Å².